The van der Waals surface area contributed by atoms with Gasteiger partial charge in [-0.15, -0.1) is 0 Å². The molecule has 5 heteroatoms. The second-order valence-electron chi connectivity index (χ2n) is 2.54. The van der Waals surface area contributed by atoms with Crippen LogP contribution in [0, 0.1) is 0 Å². The third-order valence-corrected chi connectivity index (χ3v) is 1.47. The van der Waals surface area contributed by atoms with Crippen LogP contribution < -0.4 is 16.4 Å². The van der Waals surface area contributed by atoms with Gasteiger partial charge in [0.15, 0.2) is 0 Å². The quantitative estimate of drug-likeness (QED) is 0.603. The van der Waals surface area contributed by atoms with E-state index in [9.17, 15) is 4.79 Å². The number of nitrogen functional groups attached to an aromatic ring is 1. The first-order valence-corrected chi connectivity index (χ1v) is 3.88. The van der Waals surface area contributed by atoms with E-state index in [2.05, 4.69) is 15.6 Å². The van der Waals surface area contributed by atoms with Crippen molar-refractivity contribution >= 4 is 17.3 Å². The Morgan fingerprint density at radius 3 is 3.08 bits per heavy atom. The maximum absolute atomic E-state index is 11.1. The molecule has 0 atom stereocenters. The first-order chi connectivity index (χ1) is 6.24. The highest BCUT2D eigenvalue weighted by Gasteiger charge is 2.02. The molecule has 0 aliphatic carbocycles. The molecule has 0 aromatic carbocycles. The molecule has 1 amide bonds. The summed E-state index contributed by atoms with van der Waals surface area (Å²) in [5.41, 5.74) is 6.65. The van der Waals surface area contributed by atoms with Crippen LogP contribution in [0.1, 0.15) is 0 Å². The summed E-state index contributed by atoms with van der Waals surface area (Å²) in [4.78, 5) is 15.0. The van der Waals surface area contributed by atoms with Gasteiger partial charge >= 0.3 is 0 Å². The molecule has 4 N–H and O–H groups in total. The number of rotatable bonds is 3. The molecular weight excluding hydrogens is 168 g/mol. The first-order valence-electron chi connectivity index (χ1n) is 3.88. The van der Waals surface area contributed by atoms with Crippen molar-refractivity contribution in [2.75, 3.05) is 24.6 Å². The Kier molecular flexibility index (Phi) is 3.22. The number of aromatic nitrogens is 1. The van der Waals surface area contributed by atoms with Crippen LogP contribution in [0.15, 0.2) is 18.5 Å². The van der Waals surface area contributed by atoms with E-state index in [-0.39, 0.29) is 12.5 Å². The zero-order valence-electron chi connectivity index (χ0n) is 7.37. The molecule has 13 heavy (non-hydrogen) atoms. The zero-order valence-corrected chi connectivity index (χ0v) is 7.37. The summed E-state index contributed by atoms with van der Waals surface area (Å²) >= 11 is 0. The van der Waals surface area contributed by atoms with Crippen molar-refractivity contribution in [1.29, 1.82) is 0 Å². The second-order valence-corrected chi connectivity index (χ2v) is 2.54. The smallest absolute Gasteiger partial charge is 0.238 e. The number of anilines is 2. The number of hydrogen-bond acceptors (Lipinski definition) is 4. The monoisotopic (exact) mass is 180 g/mol. The Bertz CT molecular complexity index is 300. The van der Waals surface area contributed by atoms with Crippen molar-refractivity contribution in [3.8, 4) is 0 Å². The molecular formula is C8H12N4O. The van der Waals surface area contributed by atoms with Crippen molar-refractivity contribution in [3.05, 3.63) is 18.5 Å². The van der Waals surface area contributed by atoms with Crippen LogP contribution in [-0.4, -0.2) is 24.5 Å². The number of nitrogens with one attached hydrogen (secondary N) is 2. The Morgan fingerprint density at radius 2 is 2.46 bits per heavy atom. The summed E-state index contributed by atoms with van der Waals surface area (Å²) < 4.78 is 0. The SMILES string of the molecule is CNCC(=O)Nc1cnccc1N. The van der Waals surface area contributed by atoms with Gasteiger partial charge in [-0.05, 0) is 13.1 Å². The molecule has 0 bridgehead atoms. The van der Waals surface area contributed by atoms with Gasteiger partial charge < -0.3 is 16.4 Å². The maximum atomic E-state index is 11.1. The molecule has 1 aromatic rings. The Labute approximate surface area is 76.3 Å². The minimum atomic E-state index is -0.137. The third-order valence-electron chi connectivity index (χ3n) is 1.47. The van der Waals surface area contributed by atoms with E-state index < -0.39 is 0 Å². The van der Waals surface area contributed by atoms with Gasteiger partial charge in [0.1, 0.15) is 0 Å². The highest BCUT2D eigenvalue weighted by Crippen LogP contribution is 2.14. The lowest BCUT2D eigenvalue weighted by Gasteiger charge is -2.05. The summed E-state index contributed by atoms with van der Waals surface area (Å²) in [6.45, 7) is 0.258. The molecule has 5 nitrogen and oxygen atoms in total. The van der Waals surface area contributed by atoms with Gasteiger partial charge in [0.2, 0.25) is 5.91 Å². The minimum absolute atomic E-state index is 0.137. The molecule has 1 rings (SSSR count). The molecule has 1 heterocycles. The predicted octanol–water partition coefficient (Wildman–Crippen LogP) is -0.178. The maximum Gasteiger partial charge on any atom is 0.238 e. The lowest BCUT2D eigenvalue weighted by Crippen LogP contribution is -2.25. The number of carbonyl (C=O) groups is 1. The van der Waals surface area contributed by atoms with E-state index in [1.54, 1.807) is 19.3 Å². The Morgan fingerprint density at radius 1 is 1.69 bits per heavy atom. The summed E-state index contributed by atoms with van der Waals surface area (Å²) in [6.07, 6.45) is 3.09. The molecule has 0 spiro atoms. The Balaban J connectivity index is 2.63. The van der Waals surface area contributed by atoms with Crippen molar-refractivity contribution in [2.24, 2.45) is 0 Å². The number of amides is 1. The molecule has 0 aliphatic rings. The Hall–Kier alpha value is -1.62. The van der Waals surface area contributed by atoms with Gasteiger partial charge in [0.05, 0.1) is 24.1 Å². The minimum Gasteiger partial charge on any atom is -0.397 e. The van der Waals surface area contributed by atoms with Crippen molar-refractivity contribution < 1.29 is 4.79 Å². The predicted molar refractivity (Wildman–Crippen MR) is 51.2 cm³/mol. The van der Waals surface area contributed by atoms with Gasteiger partial charge in [-0.3, -0.25) is 9.78 Å². The fourth-order valence-corrected chi connectivity index (χ4v) is 0.865. The van der Waals surface area contributed by atoms with Gasteiger partial charge in [-0.25, -0.2) is 0 Å². The van der Waals surface area contributed by atoms with Gasteiger partial charge in [0, 0.05) is 6.20 Å². The zero-order chi connectivity index (χ0) is 9.68. The van der Waals surface area contributed by atoms with Crippen LogP contribution in [-0.2, 0) is 4.79 Å². The molecule has 0 fully saturated rings. The molecule has 0 aliphatic heterocycles. The topological polar surface area (TPSA) is 80.0 Å². The van der Waals surface area contributed by atoms with E-state index in [4.69, 9.17) is 5.73 Å². The van der Waals surface area contributed by atoms with Crippen LogP contribution in [0.5, 0.6) is 0 Å². The van der Waals surface area contributed by atoms with Crippen LogP contribution in [0.4, 0.5) is 11.4 Å². The largest absolute Gasteiger partial charge is 0.397 e. The lowest BCUT2D eigenvalue weighted by molar-refractivity contribution is -0.115. The van der Waals surface area contributed by atoms with Gasteiger partial charge in [0.25, 0.3) is 0 Å². The normalized spacial score (nSPS) is 9.62. The molecule has 1 aromatic heterocycles. The number of hydrogen-bond donors (Lipinski definition) is 3. The average molecular weight is 180 g/mol. The highest BCUT2D eigenvalue weighted by molar-refractivity contribution is 5.94. The number of carbonyl (C=O) groups excluding carboxylic acids is 1. The summed E-state index contributed by atoms with van der Waals surface area (Å²) in [6, 6.07) is 1.63. The standard InChI is InChI=1S/C8H12N4O/c1-10-5-8(13)12-7-4-11-3-2-6(7)9/h2-4,10H,5H2,1H3,(H2,9,11)(H,12,13). The van der Waals surface area contributed by atoms with E-state index in [0.29, 0.717) is 11.4 Å². The lowest BCUT2D eigenvalue weighted by atomic mass is 10.3. The molecule has 70 valence electrons. The molecule has 0 saturated carbocycles. The number of nitrogens with zero attached hydrogens (tertiary/aromatic N) is 1. The first kappa shape index (κ1) is 9.47. The van der Waals surface area contributed by atoms with Crippen LogP contribution in [0.25, 0.3) is 0 Å². The van der Waals surface area contributed by atoms with E-state index in [1.807, 2.05) is 0 Å². The van der Waals surface area contributed by atoms with Crippen LogP contribution in [0.2, 0.25) is 0 Å². The summed E-state index contributed by atoms with van der Waals surface area (Å²) in [5.74, 6) is -0.137. The van der Waals surface area contributed by atoms with E-state index in [1.165, 1.54) is 6.20 Å². The van der Waals surface area contributed by atoms with Crippen LogP contribution >= 0.6 is 0 Å². The van der Waals surface area contributed by atoms with E-state index >= 15 is 0 Å². The average Bonchev–Trinajstić information content (AvgIpc) is 2.09. The highest BCUT2D eigenvalue weighted by atomic mass is 16.1. The number of nitrogens with two attached hydrogens (primary N) is 1. The summed E-state index contributed by atoms with van der Waals surface area (Å²) in [7, 11) is 1.70. The van der Waals surface area contributed by atoms with Crippen molar-refractivity contribution in [2.45, 2.75) is 0 Å². The molecule has 0 unspecified atom stereocenters. The van der Waals surface area contributed by atoms with E-state index in [0.717, 1.165) is 0 Å². The van der Waals surface area contributed by atoms with Crippen LogP contribution in [0.3, 0.4) is 0 Å². The fourth-order valence-electron chi connectivity index (χ4n) is 0.865. The summed E-state index contributed by atoms with van der Waals surface area (Å²) in [5, 5.41) is 5.36. The van der Waals surface area contributed by atoms with Gasteiger partial charge in [-0.1, -0.05) is 0 Å². The number of likely N-dealkylation sites (N-methyl/N-ethyl adjacent to an activating group) is 1. The second kappa shape index (κ2) is 4.42. The fraction of sp³-hybridized carbons (Fsp3) is 0.250. The van der Waals surface area contributed by atoms with Crippen molar-refractivity contribution in [3.63, 3.8) is 0 Å². The van der Waals surface area contributed by atoms with Crippen molar-refractivity contribution in [1.82, 2.24) is 10.3 Å². The third kappa shape index (κ3) is 2.72. The van der Waals surface area contributed by atoms with Gasteiger partial charge in [-0.2, -0.15) is 0 Å². The molecule has 0 saturated heterocycles. The molecule has 0 radical (unpaired) electrons. The number of pyridine rings is 1.